The molecule has 2 bridgehead atoms. The van der Waals surface area contributed by atoms with Crippen LogP contribution >= 0.6 is 0 Å². The van der Waals surface area contributed by atoms with E-state index in [0.717, 1.165) is 17.6 Å². The Bertz CT molecular complexity index is 775. The number of likely N-dealkylation sites (tertiary alicyclic amines) is 1. The molecule has 2 fully saturated rings. The smallest absolute Gasteiger partial charge is 0.0731 e. The first-order valence-electron chi connectivity index (χ1n) is 9.64. The molecular weight excluding hydrogens is 308 g/mol. The topological polar surface area (TPSA) is 41.0 Å². The molecule has 1 aromatic carbocycles. The molecule has 2 aromatic rings. The third kappa shape index (κ3) is 2.38. The molecule has 0 radical (unpaired) electrons. The lowest BCUT2D eigenvalue weighted by atomic mass is 9.52. The third-order valence-corrected chi connectivity index (χ3v) is 6.99. The molecule has 25 heavy (non-hydrogen) atoms. The Morgan fingerprint density at radius 3 is 2.96 bits per heavy atom. The van der Waals surface area contributed by atoms with Gasteiger partial charge in [0.1, 0.15) is 0 Å². The van der Waals surface area contributed by atoms with Crippen molar-refractivity contribution in [3.63, 3.8) is 0 Å². The SMILES string of the molecule is CN1CC[C@]23CCCC[C@H]2[C@H]1Cc1ccc(Nc2ccnnc2)cc13. The van der Waals surface area contributed by atoms with Gasteiger partial charge in [0.25, 0.3) is 0 Å². The Balaban J connectivity index is 1.56. The van der Waals surface area contributed by atoms with E-state index in [1.807, 2.05) is 6.07 Å². The number of nitrogens with one attached hydrogen (secondary N) is 1. The molecule has 4 heteroatoms. The fourth-order valence-electron chi connectivity index (χ4n) is 5.81. The summed E-state index contributed by atoms with van der Waals surface area (Å²) in [6.07, 6.45) is 11.6. The average molecular weight is 334 g/mol. The molecule has 1 aromatic heterocycles. The van der Waals surface area contributed by atoms with Gasteiger partial charge in [0.15, 0.2) is 0 Å². The second-order valence-corrected chi connectivity index (χ2v) is 8.14. The number of fused-ring (bicyclic) bond motifs is 1. The van der Waals surface area contributed by atoms with Crippen molar-refractivity contribution in [2.75, 3.05) is 18.9 Å². The van der Waals surface area contributed by atoms with Crippen molar-refractivity contribution in [3.05, 3.63) is 47.8 Å². The molecule has 2 heterocycles. The predicted octanol–water partition coefficient (Wildman–Crippen LogP) is 3.91. The molecule has 0 spiro atoms. The van der Waals surface area contributed by atoms with E-state index in [-0.39, 0.29) is 0 Å². The molecule has 1 saturated carbocycles. The molecule has 1 N–H and O–H groups in total. The van der Waals surface area contributed by atoms with Crippen LogP contribution in [0.3, 0.4) is 0 Å². The second-order valence-electron chi connectivity index (χ2n) is 8.14. The van der Waals surface area contributed by atoms with Crippen LogP contribution < -0.4 is 5.32 Å². The van der Waals surface area contributed by atoms with Gasteiger partial charge in [-0.2, -0.15) is 10.2 Å². The monoisotopic (exact) mass is 334 g/mol. The van der Waals surface area contributed by atoms with Crippen LogP contribution in [0.25, 0.3) is 0 Å². The molecule has 130 valence electrons. The summed E-state index contributed by atoms with van der Waals surface area (Å²) < 4.78 is 0. The minimum atomic E-state index is 0.414. The number of rotatable bonds is 2. The van der Waals surface area contributed by atoms with E-state index < -0.39 is 0 Å². The van der Waals surface area contributed by atoms with Gasteiger partial charge >= 0.3 is 0 Å². The molecule has 0 unspecified atom stereocenters. The number of piperidine rings is 1. The lowest BCUT2D eigenvalue weighted by molar-refractivity contribution is 0.00290. The number of anilines is 2. The molecule has 5 rings (SSSR count). The standard InChI is InChI=1S/C21H26N4/c1-25-11-9-21-8-3-2-4-18(21)20(25)12-15-5-6-16(13-19(15)21)24-17-7-10-22-23-14-17/h5-7,10,13-14,18,20H,2-4,8-9,11-12H2,1H3,(H,22,24)/t18-,20+,21+/m0/s1. The van der Waals surface area contributed by atoms with E-state index >= 15 is 0 Å². The third-order valence-electron chi connectivity index (χ3n) is 6.99. The van der Waals surface area contributed by atoms with Crippen LogP contribution in [-0.2, 0) is 11.8 Å². The first-order valence-corrected chi connectivity index (χ1v) is 9.64. The van der Waals surface area contributed by atoms with Crippen molar-refractivity contribution in [3.8, 4) is 0 Å². The van der Waals surface area contributed by atoms with Crippen LogP contribution in [-0.4, -0.2) is 34.7 Å². The van der Waals surface area contributed by atoms with E-state index in [0.29, 0.717) is 5.41 Å². The molecule has 1 aliphatic heterocycles. The van der Waals surface area contributed by atoms with Crippen molar-refractivity contribution >= 4 is 11.4 Å². The highest BCUT2D eigenvalue weighted by molar-refractivity contribution is 5.61. The molecule has 3 atom stereocenters. The van der Waals surface area contributed by atoms with Gasteiger partial charge in [-0.1, -0.05) is 18.9 Å². The predicted molar refractivity (Wildman–Crippen MR) is 100 cm³/mol. The van der Waals surface area contributed by atoms with Crippen molar-refractivity contribution in [1.29, 1.82) is 0 Å². The number of nitrogens with zero attached hydrogens (tertiary/aromatic N) is 3. The first-order chi connectivity index (χ1) is 12.3. The van der Waals surface area contributed by atoms with Crippen LogP contribution in [0.4, 0.5) is 11.4 Å². The highest BCUT2D eigenvalue weighted by atomic mass is 15.2. The van der Waals surface area contributed by atoms with Gasteiger partial charge < -0.3 is 10.2 Å². The molecular formula is C21H26N4. The first kappa shape index (κ1) is 15.3. The van der Waals surface area contributed by atoms with E-state index in [9.17, 15) is 0 Å². The summed E-state index contributed by atoms with van der Waals surface area (Å²) in [7, 11) is 2.33. The summed E-state index contributed by atoms with van der Waals surface area (Å²) >= 11 is 0. The molecule has 0 amide bonds. The maximum Gasteiger partial charge on any atom is 0.0731 e. The quantitative estimate of drug-likeness (QED) is 0.904. The number of hydrogen-bond donors (Lipinski definition) is 1. The normalized spacial score (nSPS) is 31.1. The zero-order chi connectivity index (χ0) is 16.9. The maximum atomic E-state index is 3.97. The minimum absolute atomic E-state index is 0.414. The number of hydrogen-bond acceptors (Lipinski definition) is 4. The van der Waals surface area contributed by atoms with Gasteiger partial charge in [-0.15, -0.1) is 0 Å². The van der Waals surface area contributed by atoms with Crippen molar-refractivity contribution in [2.24, 2.45) is 5.92 Å². The largest absolute Gasteiger partial charge is 0.354 e. The summed E-state index contributed by atoms with van der Waals surface area (Å²) in [5.41, 5.74) is 5.81. The highest BCUT2D eigenvalue weighted by Crippen LogP contribution is 2.55. The second kappa shape index (κ2) is 5.80. The zero-order valence-corrected chi connectivity index (χ0v) is 14.9. The maximum absolute atomic E-state index is 3.97. The Morgan fingerprint density at radius 2 is 2.08 bits per heavy atom. The van der Waals surface area contributed by atoms with Crippen molar-refractivity contribution in [1.82, 2.24) is 15.1 Å². The Kier molecular flexibility index (Phi) is 3.56. The van der Waals surface area contributed by atoms with Crippen molar-refractivity contribution < 1.29 is 0 Å². The summed E-state index contributed by atoms with van der Waals surface area (Å²) in [6, 6.07) is 9.75. The van der Waals surface area contributed by atoms with Crippen LogP contribution in [0.2, 0.25) is 0 Å². The molecule has 1 saturated heterocycles. The Hall–Kier alpha value is -1.94. The van der Waals surface area contributed by atoms with E-state index in [2.05, 4.69) is 45.7 Å². The van der Waals surface area contributed by atoms with Gasteiger partial charge in [0.2, 0.25) is 0 Å². The van der Waals surface area contributed by atoms with Gasteiger partial charge in [-0.25, -0.2) is 0 Å². The highest BCUT2D eigenvalue weighted by Gasteiger charge is 2.52. The Morgan fingerprint density at radius 1 is 1.12 bits per heavy atom. The Labute approximate surface area is 149 Å². The van der Waals surface area contributed by atoms with Gasteiger partial charge in [0, 0.05) is 17.1 Å². The van der Waals surface area contributed by atoms with Crippen LogP contribution in [0.1, 0.15) is 43.2 Å². The van der Waals surface area contributed by atoms with Gasteiger partial charge in [-0.3, -0.25) is 0 Å². The lowest BCUT2D eigenvalue weighted by Gasteiger charge is -2.58. The number of likely N-dealkylation sites (N-methyl/N-ethyl adjacent to an activating group) is 1. The zero-order valence-electron chi connectivity index (χ0n) is 14.9. The molecule has 2 aliphatic carbocycles. The minimum Gasteiger partial charge on any atom is -0.354 e. The summed E-state index contributed by atoms with van der Waals surface area (Å²) in [5, 5.41) is 11.4. The van der Waals surface area contributed by atoms with Gasteiger partial charge in [-0.05, 0) is 74.5 Å². The number of aromatic nitrogens is 2. The molecule has 4 nitrogen and oxygen atoms in total. The lowest BCUT2D eigenvalue weighted by Crippen LogP contribution is -2.59. The van der Waals surface area contributed by atoms with Crippen LogP contribution in [0.5, 0.6) is 0 Å². The van der Waals surface area contributed by atoms with E-state index in [4.69, 9.17) is 0 Å². The summed E-state index contributed by atoms with van der Waals surface area (Å²) in [6.45, 7) is 1.24. The fraction of sp³-hybridized carbons (Fsp3) is 0.524. The van der Waals surface area contributed by atoms with E-state index in [1.165, 1.54) is 50.8 Å². The fourth-order valence-corrected chi connectivity index (χ4v) is 5.81. The summed E-state index contributed by atoms with van der Waals surface area (Å²) in [4.78, 5) is 2.63. The van der Waals surface area contributed by atoms with E-state index in [1.54, 1.807) is 23.5 Å². The number of benzene rings is 1. The van der Waals surface area contributed by atoms with Gasteiger partial charge in [0.05, 0.1) is 18.1 Å². The molecule has 3 aliphatic rings. The average Bonchev–Trinajstić information content (AvgIpc) is 2.66. The van der Waals surface area contributed by atoms with Crippen molar-refractivity contribution in [2.45, 2.75) is 50.0 Å². The van der Waals surface area contributed by atoms with Crippen LogP contribution in [0.15, 0.2) is 36.7 Å². The van der Waals surface area contributed by atoms with Crippen LogP contribution in [0, 0.1) is 5.92 Å². The summed E-state index contributed by atoms with van der Waals surface area (Å²) in [5.74, 6) is 0.838.